The van der Waals surface area contributed by atoms with Gasteiger partial charge in [-0.2, -0.15) is 0 Å². The van der Waals surface area contributed by atoms with E-state index in [0.29, 0.717) is 0 Å². The fraction of sp³-hybridized carbons (Fsp3) is 0.500. The molecule has 1 N–H and O–H groups in total. The van der Waals surface area contributed by atoms with Gasteiger partial charge in [-0.05, 0) is 24.1 Å². The van der Waals surface area contributed by atoms with Gasteiger partial charge in [-0.15, -0.1) is 0 Å². The number of aryl methyl sites for hydroxylation is 1. The van der Waals surface area contributed by atoms with E-state index in [0.717, 1.165) is 44.6 Å². The Morgan fingerprint density at radius 3 is 2.47 bits per heavy atom. The quantitative estimate of drug-likeness (QED) is 0.860. The molecule has 3 heteroatoms. The van der Waals surface area contributed by atoms with Crippen LogP contribution in [0.15, 0.2) is 24.3 Å². The molecule has 0 saturated carbocycles. The van der Waals surface area contributed by atoms with Crippen molar-refractivity contribution >= 4 is 5.91 Å². The first-order valence-corrected chi connectivity index (χ1v) is 6.40. The molecule has 1 saturated heterocycles. The predicted octanol–water partition coefficient (Wildman–Crippen LogP) is 1.68. The average Bonchev–Trinajstić information content (AvgIpc) is 2.40. The summed E-state index contributed by atoms with van der Waals surface area (Å²) in [4.78, 5) is 14.1. The lowest BCUT2D eigenvalue weighted by atomic mass is 10.1. The molecule has 0 aliphatic carbocycles. The molecule has 0 spiro atoms. The molecule has 1 aliphatic heterocycles. The normalized spacial score (nSPS) is 15.9. The highest BCUT2D eigenvalue weighted by Crippen LogP contribution is 2.09. The van der Waals surface area contributed by atoms with Crippen LogP contribution in [-0.2, 0) is 6.42 Å². The summed E-state index contributed by atoms with van der Waals surface area (Å²) in [6.07, 6.45) is 2.23. The number of hydrogen-bond acceptors (Lipinski definition) is 2. The van der Waals surface area contributed by atoms with Crippen LogP contribution in [0.4, 0.5) is 0 Å². The Hall–Kier alpha value is -1.35. The number of piperazine rings is 1. The van der Waals surface area contributed by atoms with E-state index in [1.807, 2.05) is 17.0 Å². The molecule has 0 atom stereocenters. The Labute approximate surface area is 103 Å². The van der Waals surface area contributed by atoms with E-state index < -0.39 is 0 Å². The number of amides is 1. The van der Waals surface area contributed by atoms with Crippen LogP contribution in [-0.4, -0.2) is 37.0 Å². The SMILES string of the molecule is CCCc1ccc(C(=O)N2CCNCC2)cc1. The maximum atomic E-state index is 12.2. The minimum Gasteiger partial charge on any atom is -0.336 e. The van der Waals surface area contributed by atoms with E-state index in [1.54, 1.807) is 0 Å². The van der Waals surface area contributed by atoms with E-state index in [9.17, 15) is 4.79 Å². The summed E-state index contributed by atoms with van der Waals surface area (Å²) in [5.41, 5.74) is 2.12. The van der Waals surface area contributed by atoms with Crippen molar-refractivity contribution in [2.75, 3.05) is 26.2 Å². The molecule has 0 aromatic heterocycles. The number of nitrogens with zero attached hydrogens (tertiary/aromatic N) is 1. The third kappa shape index (κ3) is 3.07. The van der Waals surface area contributed by atoms with Crippen molar-refractivity contribution in [3.8, 4) is 0 Å². The fourth-order valence-corrected chi connectivity index (χ4v) is 2.15. The number of rotatable bonds is 3. The molecule has 1 aliphatic rings. The minimum atomic E-state index is 0.162. The molecular formula is C14H20N2O. The molecule has 1 fully saturated rings. The molecule has 1 aromatic carbocycles. The number of benzene rings is 1. The smallest absolute Gasteiger partial charge is 0.253 e. The molecule has 92 valence electrons. The maximum Gasteiger partial charge on any atom is 0.253 e. The second kappa shape index (κ2) is 5.82. The van der Waals surface area contributed by atoms with Crippen LogP contribution in [0.1, 0.15) is 29.3 Å². The number of carbonyl (C=O) groups is 1. The highest BCUT2D eigenvalue weighted by Gasteiger charge is 2.17. The van der Waals surface area contributed by atoms with Crippen molar-refractivity contribution in [1.82, 2.24) is 10.2 Å². The van der Waals surface area contributed by atoms with Crippen molar-refractivity contribution in [2.24, 2.45) is 0 Å². The van der Waals surface area contributed by atoms with Gasteiger partial charge in [-0.1, -0.05) is 25.5 Å². The summed E-state index contributed by atoms with van der Waals surface area (Å²) in [7, 11) is 0. The minimum absolute atomic E-state index is 0.162. The van der Waals surface area contributed by atoms with Gasteiger partial charge in [0.25, 0.3) is 5.91 Å². The second-order valence-electron chi connectivity index (χ2n) is 4.49. The fourth-order valence-electron chi connectivity index (χ4n) is 2.15. The maximum absolute atomic E-state index is 12.2. The lowest BCUT2D eigenvalue weighted by molar-refractivity contribution is 0.0736. The van der Waals surface area contributed by atoms with Crippen LogP contribution in [0.5, 0.6) is 0 Å². The van der Waals surface area contributed by atoms with E-state index in [1.165, 1.54) is 5.56 Å². The van der Waals surface area contributed by atoms with E-state index >= 15 is 0 Å². The summed E-state index contributed by atoms with van der Waals surface area (Å²) in [6.45, 7) is 5.60. The topological polar surface area (TPSA) is 32.3 Å². The second-order valence-corrected chi connectivity index (χ2v) is 4.49. The summed E-state index contributed by atoms with van der Waals surface area (Å²) in [6, 6.07) is 8.04. The largest absolute Gasteiger partial charge is 0.336 e. The predicted molar refractivity (Wildman–Crippen MR) is 69.2 cm³/mol. The number of nitrogens with one attached hydrogen (secondary N) is 1. The molecule has 0 radical (unpaired) electrons. The summed E-state index contributed by atoms with van der Waals surface area (Å²) in [5, 5.41) is 3.25. The van der Waals surface area contributed by atoms with E-state index in [-0.39, 0.29) is 5.91 Å². The monoisotopic (exact) mass is 232 g/mol. The zero-order valence-corrected chi connectivity index (χ0v) is 10.4. The van der Waals surface area contributed by atoms with E-state index in [2.05, 4.69) is 24.4 Å². The Bertz CT molecular complexity index is 366. The van der Waals surface area contributed by atoms with Gasteiger partial charge in [0.05, 0.1) is 0 Å². The first-order valence-electron chi connectivity index (χ1n) is 6.40. The Kier molecular flexibility index (Phi) is 4.15. The lowest BCUT2D eigenvalue weighted by Gasteiger charge is -2.27. The van der Waals surface area contributed by atoms with Gasteiger partial charge in [0.1, 0.15) is 0 Å². The van der Waals surface area contributed by atoms with Crippen LogP contribution in [0.2, 0.25) is 0 Å². The van der Waals surface area contributed by atoms with Gasteiger partial charge in [0.2, 0.25) is 0 Å². The van der Waals surface area contributed by atoms with E-state index in [4.69, 9.17) is 0 Å². The standard InChI is InChI=1S/C14H20N2O/c1-2-3-12-4-6-13(7-5-12)14(17)16-10-8-15-9-11-16/h4-7,15H,2-3,8-11H2,1H3. The zero-order chi connectivity index (χ0) is 12.1. The molecule has 0 unspecified atom stereocenters. The van der Waals surface area contributed by atoms with Gasteiger partial charge in [-0.3, -0.25) is 4.79 Å². The van der Waals surface area contributed by atoms with Crippen molar-refractivity contribution in [3.05, 3.63) is 35.4 Å². The lowest BCUT2D eigenvalue weighted by Crippen LogP contribution is -2.46. The highest BCUT2D eigenvalue weighted by molar-refractivity contribution is 5.94. The Morgan fingerprint density at radius 2 is 1.88 bits per heavy atom. The summed E-state index contributed by atoms with van der Waals surface area (Å²) < 4.78 is 0. The summed E-state index contributed by atoms with van der Waals surface area (Å²) >= 11 is 0. The Morgan fingerprint density at radius 1 is 1.24 bits per heavy atom. The average molecular weight is 232 g/mol. The third-order valence-electron chi connectivity index (χ3n) is 3.14. The molecule has 17 heavy (non-hydrogen) atoms. The zero-order valence-electron chi connectivity index (χ0n) is 10.4. The van der Waals surface area contributed by atoms with Gasteiger partial charge in [-0.25, -0.2) is 0 Å². The molecular weight excluding hydrogens is 212 g/mol. The van der Waals surface area contributed by atoms with Crippen LogP contribution >= 0.6 is 0 Å². The van der Waals surface area contributed by atoms with Crippen LogP contribution in [0.25, 0.3) is 0 Å². The summed E-state index contributed by atoms with van der Waals surface area (Å²) in [5.74, 6) is 0.162. The van der Waals surface area contributed by atoms with Gasteiger partial charge < -0.3 is 10.2 Å². The van der Waals surface area contributed by atoms with Crippen LogP contribution < -0.4 is 5.32 Å². The van der Waals surface area contributed by atoms with Crippen LogP contribution in [0.3, 0.4) is 0 Å². The van der Waals surface area contributed by atoms with Crippen molar-refractivity contribution < 1.29 is 4.79 Å². The van der Waals surface area contributed by atoms with Crippen molar-refractivity contribution in [2.45, 2.75) is 19.8 Å². The molecule has 1 aromatic rings. The molecule has 1 amide bonds. The van der Waals surface area contributed by atoms with Crippen molar-refractivity contribution in [1.29, 1.82) is 0 Å². The van der Waals surface area contributed by atoms with Gasteiger partial charge >= 0.3 is 0 Å². The molecule has 3 nitrogen and oxygen atoms in total. The molecule has 1 heterocycles. The van der Waals surface area contributed by atoms with Crippen LogP contribution in [0, 0.1) is 0 Å². The van der Waals surface area contributed by atoms with Crippen molar-refractivity contribution in [3.63, 3.8) is 0 Å². The molecule has 2 rings (SSSR count). The van der Waals surface area contributed by atoms with Gasteiger partial charge in [0.15, 0.2) is 0 Å². The van der Waals surface area contributed by atoms with Gasteiger partial charge in [0, 0.05) is 31.7 Å². The number of hydrogen-bond donors (Lipinski definition) is 1. The first kappa shape index (κ1) is 12.1. The highest BCUT2D eigenvalue weighted by atomic mass is 16.2. The first-order chi connectivity index (χ1) is 8.31. The Balaban J connectivity index is 2.03. The third-order valence-corrected chi connectivity index (χ3v) is 3.14. The molecule has 0 bridgehead atoms. The number of carbonyl (C=O) groups excluding carboxylic acids is 1.